The van der Waals surface area contributed by atoms with Crippen molar-refractivity contribution in [3.63, 3.8) is 0 Å². The lowest BCUT2D eigenvalue weighted by Crippen LogP contribution is -2.22. The molecule has 0 saturated carbocycles. The van der Waals surface area contributed by atoms with Crippen LogP contribution in [0.15, 0.2) is 48.5 Å². The largest absolute Gasteiger partial charge is 0.454 e. The number of hydrogen-bond acceptors (Lipinski definition) is 5. The van der Waals surface area contributed by atoms with E-state index >= 15 is 0 Å². The first-order valence-electron chi connectivity index (χ1n) is 7.90. The number of ether oxygens (including phenoxy) is 2. The van der Waals surface area contributed by atoms with Crippen molar-refractivity contribution in [3.8, 4) is 22.1 Å². The summed E-state index contributed by atoms with van der Waals surface area (Å²) in [6.07, 6.45) is 0. The molecule has 1 aliphatic heterocycles. The number of aryl methyl sites for hydroxylation is 1. The van der Waals surface area contributed by atoms with Gasteiger partial charge in [0, 0.05) is 12.1 Å². The Kier molecular flexibility index (Phi) is 4.11. The maximum absolute atomic E-state index is 12.5. The smallest absolute Gasteiger partial charge is 0.263 e. The summed E-state index contributed by atoms with van der Waals surface area (Å²) < 4.78 is 10.7. The lowest BCUT2D eigenvalue weighted by atomic mass is 10.2. The van der Waals surface area contributed by atoms with Crippen molar-refractivity contribution in [2.24, 2.45) is 0 Å². The van der Waals surface area contributed by atoms with Crippen LogP contribution in [0.25, 0.3) is 10.6 Å². The van der Waals surface area contributed by atoms with Gasteiger partial charge in [0.05, 0.1) is 5.69 Å². The molecule has 25 heavy (non-hydrogen) atoms. The summed E-state index contributed by atoms with van der Waals surface area (Å²) >= 11 is 1.41. The molecule has 1 amide bonds. The Morgan fingerprint density at radius 2 is 1.96 bits per heavy atom. The third-order valence-electron chi connectivity index (χ3n) is 3.91. The van der Waals surface area contributed by atoms with Gasteiger partial charge in [0.2, 0.25) is 6.79 Å². The molecule has 1 aliphatic rings. The van der Waals surface area contributed by atoms with Crippen LogP contribution in [0.4, 0.5) is 0 Å². The fraction of sp³-hybridized carbons (Fsp3) is 0.158. The Morgan fingerprint density at radius 1 is 1.16 bits per heavy atom. The van der Waals surface area contributed by atoms with Crippen LogP contribution in [0.2, 0.25) is 0 Å². The van der Waals surface area contributed by atoms with Crippen LogP contribution >= 0.6 is 11.3 Å². The summed E-state index contributed by atoms with van der Waals surface area (Å²) in [5.74, 6) is 1.34. The maximum atomic E-state index is 12.5. The normalized spacial score (nSPS) is 12.2. The minimum atomic E-state index is -0.116. The number of nitrogens with zero attached hydrogens (tertiary/aromatic N) is 1. The second-order valence-corrected chi connectivity index (χ2v) is 6.67. The molecule has 0 unspecified atom stereocenters. The van der Waals surface area contributed by atoms with Crippen LogP contribution in [0, 0.1) is 6.92 Å². The molecule has 0 atom stereocenters. The van der Waals surface area contributed by atoms with Gasteiger partial charge in [-0.1, -0.05) is 36.4 Å². The van der Waals surface area contributed by atoms with Gasteiger partial charge < -0.3 is 14.8 Å². The number of fused-ring (bicyclic) bond motifs is 1. The van der Waals surface area contributed by atoms with Gasteiger partial charge in [-0.3, -0.25) is 4.79 Å². The fourth-order valence-electron chi connectivity index (χ4n) is 2.62. The number of benzene rings is 2. The van der Waals surface area contributed by atoms with Crippen molar-refractivity contribution < 1.29 is 14.3 Å². The number of thiazole rings is 1. The van der Waals surface area contributed by atoms with Crippen LogP contribution in [0.1, 0.15) is 20.9 Å². The van der Waals surface area contributed by atoms with Crippen molar-refractivity contribution in [1.82, 2.24) is 10.3 Å². The number of amides is 1. The number of carbonyl (C=O) groups excluding carboxylic acids is 1. The van der Waals surface area contributed by atoms with Crippen molar-refractivity contribution in [2.45, 2.75) is 13.5 Å². The van der Waals surface area contributed by atoms with Gasteiger partial charge in [-0.2, -0.15) is 0 Å². The molecule has 0 bridgehead atoms. The van der Waals surface area contributed by atoms with E-state index in [1.54, 1.807) is 0 Å². The van der Waals surface area contributed by atoms with Gasteiger partial charge in [-0.25, -0.2) is 4.98 Å². The first-order chi connectivity index (χ1) is 12.2. The predicted octanol–water partition coefficient (Wildman–Crippen LogP) is 3.78. The first kappa shape index (κ1) is 15.7. The van der Waals surface area contributed by atoms with Crippen molar-refractivity contribution in [3.05, 3.63) is 64.7 Å². The average Bonchev–Trinajstić information content (AvgIpc) is 3.26. The van der Waals surface area contributed by atoms with Crippen molar-refractivity contribution >= 4 is 17.2 Å². The Bertz CT molecular complexity index is 922. The van der Waals surface area contributed by atoms with Crippen LogP contribution in [0.5, 0.6) is 11.5 Å². The van der Waals surface area contributed by atoms with Crippen LogP contribution < -0.4 is 14.8 Å². The molecule has 0 saturated heterocycles. The molecule has 1 N–H and O–H groups in total. The van der Waals surface area contributed by atoms with Crippen LogP contribution in [0.3, 0.4) is 0 Å². The topological polar surface area (TPSA) is 60.5 Å². The summed E-state index contributed by atoms with van der Waals surface area (Å²) in [4.78, 5) is 17.7. The van der Waals surface area contributed by atoms with Gasteiger partial charge >= 0.3 is 0 Å². The van der Waals surface area contributed by atoms with E-state index in [1.807, 2.05) is 55.5 Å². The lowest BCUT2D eigenvalue weighted by molar-refractivity contribution is 0.0954. The second kappa shape index (κ2) is 6.57. The molecule has 0 radical (unpaired) electrons. The number of hydrogen-bond donors (Lipinski definition) is 1. The quantitative estimate of drug-likeness (QED) is 0.776. The molecule has 3 aromatic rings. The predicted molar refractivity (Wildman–Crippen MR) is 96.0 cm³/mol. The summed E-state index contributed by atoms with van der Waals surface area (Å²) in [6, 6.07) is 15.5. The highest BCUT2D eigenvalue weighted by molar-refractivity contribution is 7.17. The van der Waals surface area contributed by atoms with Gasteiger partial charge in [0.25, 0.3) is 5.91 Å². The third kappa shape index (κ3) is 3.21. The molecular formula is C19H16N2O3S. The molecule has 0 fully saturated rings. The van der Waals surface area contributed by atoms with E-state index in [1.165, 1.54) is 11.3 Å². The number of rotatable bonds is 4. The lowest BCUT2D eigenvalue weighted by Gasteiger charge is -2.05. The number of carbonyl (C=O) groups is 1. The van der Waals surface area contributed by atoms with Gasteiger partial charge in [-0.15, -0.1) is 11.3 Å². The van der Waals surface area contributed by atoms with E-state index in [0.29, 0.717) is 17.2 Å². The molecular weight excluding hydrogens is 336 g/mol. The molecule has 1 aromatic heterocycles. The molecule has 5 nitrogen and oxygen atoms in total. The monoisotopic (exact) mass is 352 g/mol. The summed E-state index contributed by atoms with van der Waals surface area (Å²) in [5.41, 5.74) is 2.72. The first-order valence-corrected chi connectivity index (χ1v) is 8.72. The van der Waals surface area contributed by atoms with E-state index in [0.717, 1.165) is 27.6 Å². The Labute approximate surface area is 149 Å². The highest BCUT2D eigenvalue weighted by atomic mass is 32.1. The highest BCUT2D eigenvalue weighted by Gasteiger charge is 2.17. The molecule has 6 heteroatoms. The van der Waals surface area contributed by atoms with Crippen molar-refractivity contribution in [2.75, 3.05) is 6.79 Å². The zero-order valence-electron chi connectivity index (χ0n) is 13.6. The second-order valence-electron chi connectivity index (χ2n) is 5.67. The highest BCUT2D eigenvalue weighted by Crippen LogP contribution is 2.32. The zero-order chi connectivity index (χ0) is 17.2. The Hall–Kier alpha value is -2.86. The maximum Gasteiger partial charge on any atom is 0.263 e. The molecule has 126 valence electrons. The molecule has 0 aliphatic carbocycles. The third-order valence-corrected chi connectivity index (χ3v) is 5.12. The Morgan fingerprint density at radius 3 is 2.80 bits per heavy atom. The van der Waals surface area contributed by atoms with Crippen molar-refractivity contribution in [1.29, 1.82) is 0 Å². The average molecular weight is 352 g/mol. The Balaban J connectivity index is 1.47. The summed E-state index contributed by atoms with van der Waals surface area (Å²) in [7, 11) is 0. The fourth-order valence-corrected chi connectivity index (χ4v) is 3.61. The molecule has 2 aromatic carbocycles. The van der Waals surface area contributed by atoms with Gasteiger partial charge in [0.15, 0.2) is 11.5 Å². The summed E-state index contributed by atoms with van der Waals surface area (Å²) in [6.45, 7) is 2.53. The van der Waals surface area contributed by atoms with E-state index in [4.69, 9.17) is 9.47 Å². The van der Waals surface area contributed by atoms with Gasteiger partial charge in [-0.05, 0) is 24.6 Å². The molecule has 4 rings (SSSR count). The summed E-state index contributed by atoms with van der Waals surface area (Å²) in [5, 5.41) is 3.80. The van der Waals surface area contributed by atoms with E-state index in [2.05, 4.69) is 10.3 Å². The number of nitrogens with one attached hydrogen (secondary N) is 1. The van der Waals surface area contributed by atoms with E-state index in [-0.39, 0.29) is 12.7 Å². The minimum absolute atomic E-state index is 0.116. The van der Waals surface area contributed by atoms with Crippen LogP contribution in [-0.4, -0.2) is 17.7 Å². The SMILES string of the molecule is Cc1nc(-c2ccccc2)sc1C(=O)NCc1ccc2c(c1)OCO2. The molecule has 0 spiro atoms. The van der Waals surface area contributed by atoms with Crippen LogP contribution in [-0.2, 0) is 6.54 Å². The van der Waals surface area contributed by atoms with Gasteiger partial charge in [0.1, 0.15) is 9.88 Å². The standard InChI is InChI=1S/C19H16N2O3S/c1-12-17(25-19(21-12)14-5-3-2-4-6-14)18(22)20-10-13-7-8-15-16(9-13)24-11-23-15/h2-9H,10-11H2,1H3,(H,20,22). The number of aromatic nitrogens is 1. The zero-order valence-corrected chi connectivity index (χ0v) is 14.4. The molecule has 2 heterocycles. The minimum Gasteiger partial charge on any atom is -0.454 e. The van der Waals surface area contributed by atoms with E-state index < -0.39 is 0 Å². The van der Waals surface area contributed by atoms with E-state index in [9.17, 15) is 4.79 Å².